The van der Waals surface area contributed by atoms with Gasteiger partial charge in [-0.05, 0) is 70.9 Å². The molecule has 8 nitrogen and oxygen atoms in total. The van der Waals surface area contributed by atoms with Crippen molar-refractivity contribution in [3.05, 3.63) is 50.7 Å². The lowest BCUT2D eigenvalue weighted by atomic mass is 9.94. The molecule has 0 aliphatic carbocycles. The fourth-order valence-electron chi connectivity index (χ4n) is 4.63. The number of amides is 1. The average molecular weight is 530 g/mol. The number of aromatic nitrogens is 1. The number of aryl methyl sites for hydroxylation is 2. The smallest absolute Gasteiger partial charge is 0.290 e. The zero-order valence-corrected chi connectivity index (χ0v) is 23.6. The number of rotatable bonds is 14. The molecule has 1 aliphatic heterocycles. The molecule has 202 valence electrons. The van der Waals surface area contributed by atoms with Gasteiger partial charge in [0.2, 0.25) is 5.78 Å². The van der Waals surface area contributed by atoms with Crippen LogP contribution >= 0.6 is 11.3 Å². The van der Waals surface area contributed by atoms with Crippen molar-refractivity contribution in [1.82, 2.24) is 14.8 Å². The van der Waals surface area contributed by atoms with Crippen LogP contribution in [-0.2, 0) is 4.79 Å². The number of hydrogen-bond acceptors (Lipinski definition) is 8. The van der Waals surface area contributed by atoms with Gasteiger partial charge in [-0.25, -0.2) is 4.98 Å². The maximum Gasteiger partial charge on any atom is 0.290 e. The van der Waals surface area contributed by atoms with Gasteiger partial charge in [-0.2, -0.15) is 0 Å². The molecule has 9 heteroatoms. The van der Waals surface area contributed by atoms with Crippen LogP contribution in [0.25, 0.3) is 0 Å². The van der Waals surface area contributed by atoms with E-state index in [0.717, 1.165) is 31.1 Å². The van der Waals surface area contributed by atoms with Crippen LogP contribution in [0.1, 0.15) is 72.5 Å². The minimum absolute atomic E-state index is 0.0873. The lowest BCUT2D eigenvalue weighted by Gasteiger charge is -2.28. The molecule has 0 saturated heterocycles. The molecule has 2 heterocycles. The first-order chi connectivity index (χ1) is 17.8. The monoisotopic (exact) mass is 529 g/mol. The van der Waals surface area contributed by atoms with Crippen molar-refractivity contribution in [3.8, 4) is 11.5 Å². The molecule has 1 N–H and O–H groups in total. The molecule has 0 fully saturated rings. The Labute approximate surface area is 223 Å². The van der Waals surface area contributed by atoms with Crippen LogP contribution in [0.5, 0.6) is 11.5 Å². The van der Waals surface area contributed by atoms with Crippen LogP contribution in [0.2, 0.25) is 0 Å². The maximum absolute atomic E-state index is 13.8. The van der Waals surface area contributed by atoms with E-state index >= 15 is 0 Å². The van der Waals surface area contributed by atoms with Crippen molar-refractivity contribution in [2.24, 2.45) is 0 Å². The Balaban J connectivity index is 2.05. The number of ketones is 1. The zero-order chi connectivity index (χ0) is 27.1. The number of Topliss-reactive ketones (excluding diaryl/α,β-unsaturated/α-hetero) is 1. The van der Waals surface area contributed by atoms with Crippen LogP contribution in [-0.4, -0.2) is 71.0 Å². The first-order valence-corrected chi connectivity index (χ1v) is 13.9. The molecule has 3 rings (SSSR count). The standard InChI is InChI=1S/C28H39N3O5S/c1-7-16-36-21-13-12-20(17-22(21)35-10-4)24-23(25(32)27-18(5)29-19(6)37-27)26(33)28(34)31(24)15-11-14-30(8-2)9-3/h12-13,17,24,33H,7-11,14-16H2,1-6H3. The number of thiazole rings is 1. The summed E-state index contributed by atoms with van der Waals surface area (Å²) < 4.78 is 11.7. The molecule has 0 bridgehead atoms. The van der Waals surface area contributed by atoms with Crippen LogP contribution in [0.3, 0.4) is 0 Å². The molecule has 2 aromatic rings. The highest BCUT2D eigenvalue weighted by Gasteiger charge is 2.44. The topological polar surface area (TPSA) is 92.2 Å². The van der Waals surface area contributed by atoms with Gasteiger partial charge in [0.15, 0.2) is 17.3 Å². The summed E-state index contributed by atoms with van der Waals surface area (Å²) in [6.07, 6.45) is 1.57. The van der Waals surface area contributed by atoms with Gasteiger partial charge in [0.25, 0.3) is 5.91 Å². The van der Waals surface area contributed by atoms with Gasteiger partial charge in [-0.15, -0.1) is 11.3 Å². The first-order valence-electron chi connectivity index (χ1n) is 13.1. The Bertz CT molecular complexity index is 1140. The van der Waals surface area contributed by atoms with Gasteiger partial charge in [0.1, 0.15) is 0 Å². The van der Waals surface area contributed by atoms with Gasteiger partial charge in [0, 0.05) is 6.54 Å². The number of carbonyl (C=O) groups excluding carboxylic acids is 2. The zero-order valence-electron chi connectivity index (χ0n) is 22.8. The second-order valence-electron chi connectivity index (χ2n) is 9.01. The van der Waals surface area contributed by atoms with Crippen molar-refractivity contribution in [3.63, 3.8) is 0 Å². The minimum atomic E-state index is -0.738. The van der Waals surface area contributed by atoms with Crippen molar-refractivity contribution >= 4 is 23.0 Å². The molecule has 1 unspecified atom stereocenters. The Kier molecular flexibility index (Phi) is 10.1. The summed E-state index contributed by atoms with van der Waals surface area (Å²) >= 11 is 1.27. The number of ether oxygens (including phenoxy) is 2. The molecular weight excluding hydrogens is 490 g/mol. The molecule has 0 radical (unpaired) electrons. The van der Waals surface area contributed by atoms with E-state index in [9.17, 15) is 14.7 Å². The highest BCUT2D eigenvalue weighted by molar-refractivity contribution is 7.14. The van der Waals surface area contributed by atoms with Gasteiger partial charge >= 0.3 is 0 Å². The SMILES string of the molecule is CCCOc1ccc(C2C(C(=O)c3sc(C)nc3C)=C(O)C(=O)N2CCCN(CC)CC)cc1OCC. The van der Waals surface area contributed by atoms with E-state index < -0.39 is 17.7 Å². The molecule has 37 heavy (non-hydrogen) atoms. The average Bonchev–Trinajstić information content (AvgIpc) is 3.35. The Morgan fingerprint density at radius 2 is 1.86 bits per heavy atom. The molecule has 1 aromatic heterocycles. The van der Waals surface area contributed by atoms with Crippen molar-refractivity contribution in [1.29, 1.82) is 0 Å². The van der Waals surface area contributed by atoms with Crippen LogP contribution in [0.4, 0.5) is 0 Å². The summed E-state index contributed by atoms with van der Waals surface area (Å²) in [6, 6.07) is 4.74. The van der Waals surface area contributed by atoms with E-state index in [-0.39, 0.29) is 11.4 Å². The lowest BCUT2D eigenvalue weighted by Crippen LogP contribution is -2.34. The van der Waals surface area contributed by atoms with E-state index in [4.69, 9.17) is 9.47 Å². The Morgan fingerprint density at radius 3 is 2.46 bits per heavy atom. The van der Waals surface area contributed by atoms with Crippen LogP contribution < -0.4 is 9.47 Å². The Morgan fingerprint density at radius 1 is 1.14 bits per heavy atom. The van der Waals surface area contributed by atoms with Gasteiger partial charge in [0.05, 0.1) is 40.4 Å². The minimum Gasteiger partial charge on any atom is -0.503 e. The second kappa shape index (κ2) is 13.1. The molecule has 1 aliphatic rings. The Hall–Kier alpha value is -2.91. The van der Waals surface area contributed by atoms with Gasteiger partial charge in [-0.3, -0.25) is 9.59 Å². The van der Waals surface area contributed by atoms with E-state index in [1.807, 2.05) is 39.0 Å². The van der Waals surface area contributed by atoms with Crippen LogP contribution in [0, 0.1) is 13.8 Å². The second-order valence-corrected chi connectivity index (χ2v) is 10.2. The van der Waals surface area contributed by atoms with E-state index in [0.29, 0.717) is 53.8 Å². The third kappa shape index (κ3) is 6.33. The molecule has 0 spiro atoms. The van der Waals surface area contributed by atoms with E-state index in [1.54, 1.807) is 11.8 Å². The number of aliphatic hydroxyl groups is 1. The lowest BCUT2D eigenvalue weighted by molar-refractivity contribution is -0.129. The normalized spacial score (nSPS) is 15.7. The van der Waals surface area contributed by atoms with E-state index in [2.05, 4.69) is 23.7 Å². The predicted octanol–water partition coefficient (Wildman–Crippen LogP) is 5.26. The largest absolute Gasteiger partial charge is 0.503 e. The third-order valence-electron chi connectivity index (χ3n) is 6.47. The number of carbonyl (C=O) groups is 2. The van der Waals surface area contributed by atoms with Crippen molar-refractivity contribution < 1.29 is 24.2 Å². The van der Waals surface area contributed by atoms with E-state index in [1.165, 1.54) is 11.3 Å². The predicted molar refractivity (Wildman–Crippen MR) is 146 cm³/mol. The summed E-state index contributed by atoms with van der Waals surface area (Å²) in [5, 5.41) is 11.8. The summed E-state index contributed by atoms with van der Waals surface area (Å²) in [4.78, 5) is 35.8. The van der Waals surface area contributed by atoms with Crippen molar-refractivity contribution in [2.45, 2.75) is 60.4 Å². The summed E-state index contributed by atoms with van der Waals surface area (Å²) in [5.74, 6) is -0.232. The number of nitrogens with zero attached hydrogens (tertiary/aromatic N) is 3. The van der Waals surface area contributed by atoms with Gasteiger partial charge < -0.3 is 24.4 Å². The fraction of sp³-hybridized carbons (Fsp3) is 0.536. The highest BCUT2D eigenvalue weighted by Crippen LogP contribution is 2.42. The number of hydrogen-bond donors (Lipinski definition) is 1. The maximum atomic E-state index is 13.8. The van der Waals surface area contributed by atoms with Crippen molar-refractivity contribution in [2.75, 3.05) is 39.4 Å². The molecular formula is C28H39N3O5S. The number of aliphatic hydroxyl groups excluding tert-OH is 1. The molecule has 1 aromatic carbocycles. The first kappa shape index (κ1) is 28.7. The quantitative estimate of drug-likeness (QED) is 0.334. The summed E-state index contributed by atoms with van der Waals surface area (Å²) in [5.41, 5.74) is 1.37. The third-order valence-corrected chi connectivity index (χ3v) is 7.54. The molecule has 1 atom stereocenters. The molecule has 0 saturated carbocycles. The summed E-state index contributed by atoms with van der Waals surface area (Å²) in [7, 11) is 0. The molecule has 1 amide bonds. The highest BCUT2D eigenvalue weighted by atomic mass is 32.1. The van der Waals surface area contributed by atoms with Crippen LogP contribution in [0.15, 0.2) is 29.5 Å². The fourth-order valence-corrected chi connectivity index (χ4v) is 5.50. The number of benzene rings is 1. The summed E-state index contributed by atoms with van der Waals surface area (Å²) in [6.45, 7) is 15.8. The van der Waals surface area contributed by atoms with Gasteiger partial charge in [-0.1, -0.05) is 26.8 Å².